The second kappa shape index (κ2) is 6.35. The van der Waals surface area contributed by atoms with Gasteiger partial charge in [-0.15, -0.1) is 0 Å². The molecule has 0 aromatic carbocycles. The molecule has 0 aliphatic heterocycles. The van der Waals surface area contributed by atoms with Crippen LogP contribution in [-0.2, 0) is 4.79 Å². The number of H-pyrrole nitrogens is 1. The first kappa shape index (κ1) is 15.3. The van der Waals surface area contributed by atoms with Gasteiger partial charge in [0, 0.05) is 23.8 Å². The van der Waals surface area contributed by atoms with E-state index in [1.165, 1.54) is 18.0 Å². The number of aromatic nitrogens is 4. The fraction of sp³-hybridized carbons (Fsp3) is 0.222. The average Bonchev–Trinajstić information content (AvgIpc) is 3.30. The van der Waals surface area contributed by atoms with E-state index >= 15 is 0 Å². The van der Waals surface area contributed by atoms with Crippen LogP contribution >= 0.6 is 0 Å². The third-order valence-electron chi connectivity index (χ3n) is 4.42. The highest BCUT2D eigenvalue weighted by Gasteiger charge is 2.22. The van der Waals surface area contributed by atoms with Gasteiger partial charge in [-0.1, -0.05) is 17.8 Å². The monoisotopic (exact) mass is 335 g/mol. The van der Waals surface area contributed by atoms with Gasteiger partial charge in [0.1, 0.15) is 5.65 Å². The molecule has 4 rings (SSSR count). The Kier molecular flexibility index (Phi) is 3.89. The summed E-state index contributed by atoms with van der Waals surface area (Å²) >= 11 is 0. The summed E-state index contributed by atoms with van der Waals surface area (Å²) in [6, 6.07) is 2.08. The van der Waals surface area contributed by atoms with Gasteiger partial charge >= 0.3 is 0 Å². The van der Waals surface area contributed by atoms with Crippen LogP contribution in [0.4, 0.5) is 0 Å². The molecule has 0 saturated carbocycles. The van der Waals surface area contributed by atoms with Gasteiger partial charge in [-0.2, -0.15) is 4.98 Å². The lowest BCUT2D eigenvalue weighted by atomic mass is 9.88. The normalized spacial score (nSPS) is 17.3. The van der Waals surface area contributed by atoms with Crippen LogP contribution in [-0.4, -0.2) is 32.1 Å². The highest BCUT2D eigenvalue weighted by Crippen LogP contribution is 2.36. The number of aromatic amines is 1. The van der Waals surface area contributed by atoms with Gasteiger partial charge in [0.25, 0.3) is 5.89 Å². The smallest absolute Gasteiger partial charge is 0.259 e. The molecule has 7 heteroatoms. The van der Waals surface area contributed by atoms with Crippen molar-refractivity contribution in [3.05, 3.63) is 49.1 Å². The van der Waals surface area contributed by atoms with Crippen molar-refractivity contribution in [2.75, 3.05) is 0 Å². The van der Waals surface area contributed by atoms with Gasteiger partial charge in [0.15, 0.2) is 6.33 Å². The molecule has 126 valence electrons. The zero-order valence-corrected chi connectivity index (χ0v) is 13.5. The molecule has 3 heterocycles. The van der Waals surface area contributed by atoms with E-state index in [0.29, 0.717) is 5.89 Å². The maximum Gasteiger partial charge on any atom is 0.259 e. The van der Waals surface area contributed by atoms with E-state index in [1.807, 2.05) is 12.3 Å². The molecular weight excluding hydrogens is 318 g/mol. The lowest BCUT2D eigenvalue weighted by Crippen LogP contribution is -2.34. The Morgan fingerprint density at radius 3 is 3.12 bits per heavy atom. The quantitative estimate of drug-likeness (QED) is 0.715. The Hall–Kier alpha value is -3.22. The standard InChI is InChI=1S/C18H17N5O2/c1-2-15(24)23-12-5-3-4-11(8-12)13-6-7-19-17-16(13)14(9-20-17)18-21-10-22-25-18/h2,4,6-7,9-10,12H,1,3,5,8H2,(H,19,20)(H,23,24). The van der Waals surface area contributed by atoms with Crippen molar-refractivity contribution < 1.29 is 9.32 Å². The summed E-state index contributed by atoms with van der Waals surface area (Å²) in [7, 11) is 0. The number of carbonyl (C=O) groups excluding carboxylic acids is 1. The second-order valence-electron chi connectivity index (χ2n) is 5.95. The molecule has 2 N–H and O–H groups in total. The molecule has 0 spiro atoms. The summed E-state index contributed by atoms with van der Waals surface area (Å²) in [5.74, 6) is 0.313. The van der Waals surface area contributed by atoms with Crippen molar-refractivity contribution in [2.45, 2.75) is 25.3 Å². The fourth-order valence-electron chi connectivity index (χ4n) is 3.30. The van der Waals surface area contributed by atoms with Crippen molar-refractivity contribution in [3.8, 4) is 11.5 Å². The van der Waals surface area contributed by atoms with Gasteiger partial charge in [-0.05, 0) is 42.5 Å². The van der Waals surface area contributed by atoms with Gasteiger partial charge in [0.05, 0.1) is 5.56 Å². The highest BCUT2D eigenvalue weighted by atomic mass is 16.5. The minimum Gasteiger partial charge on any atom is -0.349 e. The predicted molar refractivity (Wildman–Crippen MR) is 93.3 cm³/mol. The minimum absolute atomic E-state index is 0.0968. The first-order valence-electron chi connectivity index (χ1n) is 8.11. The molecule has 3 aromatic heterocycles. The number of carbonyl (C=O) groups is 1. The Morgan fingerprint density at radius 1 is 1.40 bits per heavy atom. The summed E-state index contributed by atoms with van der Waals surface area (Å²) in [5, 5.41) is 7.63. The predicted octanol–water partition coefficient (Wildman–Crippen LogP) is 2.85. The molecule has 1 atom stereocenters. The molecule has 0 saturated heterocycles. The van der Waals surface area contributed by atoms with Crippen LogP contribution in [0.5, 0.6) is 0 Å². The van der Waals surface area contributed by atoms with E-state index in [4.69, 9.17) is 4.52 Å². The third kappa shape index (κ3) is 2.84. The van der Waals surface area contributed by atoms with E-state index < -0.39 is 0 Å². The topological polar surface area (TPSA) is 96.7 Å². The summed E-state index contributed by atoms with van der Waals surface area (Å²) < 4.78 is 5.22. The number of rotatable bonds is 4. The molecule has 1 aliphatic carbocycles. The van der Waals surface area contributed by atoms with Crippen LogP contribution in [0.15, 0.2) is 48.0 Å². The molecule has 7 nitrogen and oxygen atoms in total. The van der Waals surface area contributed by atoms with Crippen molar-refractivity contribution in [3.63, 3.8) is 0 Å². The molecule has 1 unspecified atom stereocenters. The Balaban J connectivity index is 1.74. The number of fused-ring (bicyclic) bond motifs is 1. The molecule has 0 bridgehead atoms. The summed E-state index contributed by atoms with van der Waals surface area (Å²) in [6.45, 7) is 3.52. The van der Waals surface area contributed by atoms with Crippen molar-refractivity contribution in [2.24, 2.45) is 0 Å². The van der Waals surface area contributed by atoms with Gasteiger partial charge in [-0.3, -0.25) is 4.79 Å². The summed E-state index contributed by atoms with van der Waals surface area (Å²) in [5.41, 5.74) is 3.84. The lowest BCUT2D eigenvalue weighted by Gasteiger charge is -2.24. The number of amides is 1. The summed E-state index contributed by atoms with van der Waals surface area (Å²) in [6.07, 6.45) is 11.1. The maximum absolute atomic E-state index is 11.6. The first-order chi connectivity index (χ1) is 12.3. The van der Waals surface area contributed by atoms with Crippen LogP contribution in [0, 0.1) is 0 Å². The maximum atomic E-state index is 11.6. The van der Waals surface area contributed by atoms with Crippen molar-refractivity contribution in [1.29, 1.82) is 0 Å². The molecule has 1 aliphatic rings. The number of hydrogen-bond acceptors (Lipinski definition) is 5. The number of nitrogens with one attached hydrogen (secondary N) is 2. The molecular formula is C18H17N5O2. The summed E-state index contributed by atoms with van der Waals surface area (Å²) in [4.78, 5) is 23.3. The highest BCUT2D eigenvalue weighted by molar-refractivity contribution is 6.00. The van der Waals surface area contributed by atoms with Crippen LogP contribution in [0.2, 0.25) is 0 Å². The number of hydrogen-bond donors (Lipinski definition) is 2. The van der Waals surface area contributed by atoms with Crippen LogP contribution in [0.3, 0.4) is 0 Å². The van der Waals surface area contributed by atoms with Gasteiger partial charge in [0.2, 0.25) is 5.91 Å². The average molecular weight is 335 g/mol. The largest absolute Gasteiger partial charge is 0.349 e. The molecule has 0 fully saturated rings. The Labute approximate surface area is 143 Å². The SMILES string of the molecule is C=CC(=O)NC1CCC=C(c2ccnc3[nH]cc(-c4ncno4)c23)C1. The number of pyridine rings is 1. The van der Waals surface area contributed by atoms with E-state index in [0.717, 1.165) is 41.4 Å². The minimum atomic E-state index is -0.140. The third-order valence-corrected chi connectivity index (χ3v) is 4.42. The van der Waals surface area contributed by atoms with E-state index in [9.17, 15) is 4.79 Å². The Bertz CT molecular complexity index is 955. The molecule has 3 aromatic rings. The zero-order chi connectivity index (χ0) is 17.2. The number of nitrogens with zero attached hydrogens (tertiary/aromatic N) is 3. The van der Waals surface area contributed by atoms with Crippen LogP contribution in [0.1, 0.15) is 24.8 Å². The van der Waals surface area contributed by atoms with Crippen LogP contribution in [0.25, 0.3) is 28.1 Å². The lowest BCUT2D eigenvalue weighted by molar-refractivity contribution is -0.117. The first-order valence-corrected chi connectivity index (χ1v) is 8.11. The van der Waals surface area contributed by atoms with E-state index in [1.54, 1.807) is 6.20 Å². The second-order valence-corrected chi connectivity index (χ2v) is 5.95. The van der Waals surface area contributed by atoms with Crippen LogP contribution < -0.4 is 5.32 Å². The van der Waals surface area contributed by atoms with Gasteiger partial charge < -0.3 is 14.8 Å². The Morgan fingerprint density at radius 2 is 2.32 bits per heavy atom. The van der Waals surface area contributed by atoms with E-state index in [-0.39, 0.29) is 11.9 Å². The van der Waals surface area contributed by atoms with Crippen molar-refractivity contribution >= 4 is 22.5 Å². The molecule has 25 heavy (non-hydrogen) atoms. The zero-order valence-electron chi connectivity index (χ0n) is 13.5. The fourth-order valence-corrected chi connectivity index (χ4v) is 3.30. The number of allylic oxidation sites excluding steroid dienone is 1. The molecule has 1 amide bonds. The molecule has 0 radical (unpaired) electrons. The van der Waals surface area contributed by atoms with Crippen molar-refractivity contribution in [1.82, 2.24) is 25.4 Å². The van der Waals surface area contributed by atoms with E-state index in [2.05, 4.69) is 38.1 Å². The van der Waals surface area contributed by atoms with Gasteiger partial charge in [-0.25, -0.2) is 4.98 Å².